The molecule has 7 heteroatoms. The summed E-state index contributed by atoms with van der Waals surface area (Å²) in [5, 5.41) is 14.7. The van der Waals surface area contributed by atoms with Crippen molar-refractivity contribution in [3.05, 3.63) is 11.5 Å². The van der Waals surface area contributed by atoms with Crippen molar-refractivity contribution in [1.82, 2.24) is 15.1 Å². The smallest absolute Gasteiger partial charge is 0.263 e. The fourth-order valence-electron chi connectivity index (χ4n) is 3.52. The molecule has 1 N–H and O–H groups in total. The highest BCUT2D eigenvalue weighted by molar-refractivity contribution is 5.88. The largest absolute Gasteiger partial charge is 0.396 e. The maximum Gasteiger partial charge on any atom is 0.263 e. The lowest BCUT2D eigenvalue weighted by atomic mass is 9.82. The van der Waals surface area contributed by atoms with E-state index in [1.165, 1.54) is 0 Å². The molecule has 0 aromatic carbocycles. The highest BCUT2D eigenvalue weighted by Crippen LogP contribution is 2.43. The van der Waals surface area contributed by atoms with Gasteiger partial charge >= 0.3 is 0 Å². The van der Waals surface area contributed by atoms with Crippen LogP contribution in [0.5, 0.6) is 0 Å². The van der Waals surface area contributed by atoms with Gasteiger partial charge in [-0.05, 0) is 13.8 Å². The molecule has 7 nitrogen and oxygen atoms in total. The molecule has 21 heavy (non-hydrogen) atoms. The van der Waals surface area contributed by atoms with Crippen LogP contribution >= 0.6 is 0 Å². The van der Waals surface area contributed by atoms with Gasteiger partial charge in [0.1, 0.15) is 17.0 Å². The number of ether oxygens (including phenoxy) is 1. The number of fused-ring (bicyclic) bond motifs is 2. The summed E-state index contributed by atoms with van der Waals surface area (Å²) in [5.41, 5.74) is 1.16. The summed E-state index contributed by atoms with van der Waals surface area (Å²) in [6.07, 6.45) is 0. The fourth-order valence-corrected chi connectivity index (χ4v) is 3.52. The molecule has 2 aromatic rings. The Hall–Kier alpha value is -1.73. The third-order valence-electron chi connectivity index (χ3n) is 4.73. The minimum absolute atomic E-state index is 0.143. The Bertz CT molecular complexity index is 701. The maximum absolute atomic E-state index is 9.80. The van der Waals surface area contributed by atoms with Gasteiger partial charge in [-0.3, -0.25) is 0 Å². The van der Waals surface area contributed by atoms with E-state index >= 15 is 0 Å². The summed E-state index contributed by atoms with van der Waals surface area (Å²) in [6, 6.07) is 0. The SMILES string of the molecule is Cc1nc(N2C[C@H]3COC[C@@]3(CO)C2)c2c(C)noc2n1. The second kappa shape index (κ2) is 4.38. The minimum Gasteiger partial charge on any atom is -0.396 e. The van der Waals surface area contributed by atoms with E-state index < -0.39 is 0 Å². The van der Waals surface area contributed by atoms with Crippen LogP contribution in [0, 0.1) is 25.2 Å². The number of nitrogens with zero attached hydrogens (tertiary/aromatic N) is 4. The van der Waals surface area contributed by atoms with Crippen LogP contribution in [0.1, 0.15) is 11.5 Å². The van der Waals surface area contributed by atoms with Gasteiger partial charge in [0.2, 0.25) is 0 Å². The maximum atomic E-state index is 9.80. The Morgan fingerprint density at radius 1 is 1.38 bits per heavy atom. The topological polar surface area (TPSA) is 84.5 Å². The second-order valence-electron chi connectivity index (χ2n) is 6.16. The molecule has 0 radical (unpaired) electrons. The van der Waals surface area contributed by atoms with Gasteiger partial charge in [0.05, 0.1) is 25.5 Å². The van der Waals surface area contributed by atoms with E-state index in [-0.39, 0.29) is 12.0 Å². The van der Waals surface area contributed by atoms with Gasteiger partial charge < -0.3 is 19.3 Å². The predicted molar refractivity (Wildman–Crippen MR) is 75.1 cm³/mol. The quantitative estimate of drug-likeness (QED) is 0.870. The Kier molecular flexibility index (Phi) is 2.71. The van der Waals surface area contributed by atoms with E-state index in [1.54, 1.807) is 0 Å². The number of anilines is 1. The molecular formula is C14H18N4O3. The summed E-state index contributed by atoms with van der Waals surface area (Å²) in [7, 11) is 0. The van der Waals surface area contributed by atoms with Gasteiger partial charge in [0.25, 0.3) is 5.71 Å². The van der Waals surface area contributed by atoms with Crippen molar-refractivity contribution in [2.75, 3.05) is 37.8 Å². The third-order valence-corrected chi connectivity index (χ3v) is 4.73. The zero-order valence-electron chi connectivity index (χ0n) is 12.2. The first-order chi connectivity index (χ1) is 10.1. The van der Waals surface area contributed by atoms with Gasteiger partial charge in [0, 0.05) is 24.4 Å². The number of hydrogen-bond acceptors (Lipinski definition) is 7. The second-order valence-corrected chi connectivity index (χ2v) is 6.16. The van der Waals surface area contributed by atoms with Crippen molar-refractivity contribution in [2.24, 2.45) is 11.3 Å². The van der Waals surface area contributed by atoms with E-state index in [2.05, 4.69) is 20.0 Å². The molecule has 2 aromatic heterocycles. The molecule has 2 atom stereocenters. The fraction of sp³-hybridized carbons (Fsp3) is 0.643. The molecule has 2 saturated heterocycles. The molecule has 2 fully saturated rings. The Balaban J connectivity index is 1.80. The van der Waals surface area contributed by atoms with Gasteiger partial charge in [-0.1, -0.05) is 5.16 Å². The molecule has 0 spiro atoms. The van der Waals surface area contributed by atoms with E-state index in [1.807, 2.05) is 13.8 Å². The number of aliphatic hydroxyl groups excluding tert-OH is 1. The standard InChI is InChI=1S/C14H18N4O3/c1-8-11-12(15-9(2)16-13(11)21-17-8)18-3-10-4-20-7-14(10,5-18)6-19/h10,19H,3-7H2,1-2H3/t10-,14-/m0/s1. The first kappa shape index (κ1) is 13.0. The zero-order chi connectivity index (χ0) is 14.6. The highest BCUT2D eigenvalue weighted by atomic mass is 16.5. The van der Waals surface area contributed by atoms with Crippen molar-refractivity contribution in [3.8, 4) is 0 Å². The number of aromatic nitrogens is 3. The summed E-state index contributed by atoms with van der Waals surface area (Å²) < 4.78 is 10.8. The minimum atomic E-state index is -0.170. The van der Waals surface area contributed by atoms with Crippen molar-refractivity contribution in [1.29, 1.82) is 0 Å². The predicted octanol–water partition coefficient (Wildman–Crippen LogP) is 0.680. The van der Waals surface area contributed by atoms with Crippen LogP contribution < -0.4 is 4.90 Å². The van der Waals surface area contributed by atoms with Crippen LogP contribution in [0.25, 0.3) is 11.1 Å². The molecule has 112 valence electrons. The molecule has 0 aliphatic carbocycles. The highest BCUT2D eigenvalue weighted by Gasteiger charge is 2.51. The van der Waals surface area contributed by atoms with Crippen LogP contribution in [-0.4, -0.2) is 53.1 Å². The molecule has 2 aliphatic heterocycles. The molecule has 0 bridgehead atoms. The Morgan fingerprint density at radius 3 is 3.00 bits per heavy atom. The molecule has 4 rings (SSSR count). The summed E-state index contributed by atoms with van der Waals surface area (Å²) in [4.78, 5) is 11.1. The molecule has 0 unspecified atom stereocenters. The molecular weight excluding hydrogens is 272 g/mol. The molecule has 0 amide bonds. The van der Waals surface area contributed by atoms with Crippen LogP contribution in [0.2, 0.25) is 0 Å². The zero-order valence-corrected chi connectivity index (χ0v) is 12.2. The van der Waals surface area contributed by atoms with E-state index in [4.69, 9.17) is 9.26 Å². The van der Waals surface area contributed by atoms with E-state index in [0.29, 0.717) is 30.7 Å². The van der Waals surface area contributed by atoms with Crippen molar-refractivity contribution in [3.63, 3.8) is 0 Å². The number of rotatable bonds is 2. The monoisotopic (exact) mass is 290 g/mol. The van der Waals surface area contributed by atoms with Gasteiger partial charge in [-0.2, -0.15) is 4.98 Å². The van der Waals surface area contributed by atoms with Crippen LogP contribution in [0.4, 0.5) is 5.82 Å². The van der Waals surface area contributed by atoms with Gasteiger partial charge in [-0.15, -0.1) is 0 Å². The lowest BCUT2D eigenvalue weighted by Gasteiger charge is -2.24. The van der Waals surface area contributed by atoms with Crippen molar-refractivity contribution in [2.45, 2.75) is 13.8 Å². The van der Waals surface area contributed by atoms with Crippen molar-refractivity contribution >= 4 is 16.9 Å². The average Bonchev–Trinajstić information content (AvgIpc) is 3.10. The van der Waals surface area contributed by atoms with E-state index in [0.717, 1.165) is 30.0 Å². The third kappa shape index (κ3) is 1.77. The van der Waals surface area contributed by atoms with Gasteiger partial charge in [-0.25, -0.2) is 4.98 Å². The molecule has 4 heterocycles. The Labute approximate surface area is 121 Å². The van der Waals surface area contributed by atoms with Crippen LogP contribution in [0.3, 0.4) is 0 Å². The summed E-state index contributed by atoms with van der Waals surface area (Å²) >= 11 is 0. The number of hydrogen-bond donors (Lipinski definition) is 1. The molecule has 2 aliphatic rings. The lowest BCUT2D eigenvalue weighted by molar-refractivity contribution is 0.0989. The summed E-state index contributed by atoms with van der Waals surface area (Å²) in [6.45, 7) is 6.77. The van der Waals surface area contributed by atoms with E-state index in [9.17, 15) is 5.11 Å². The van der Waals surface area contributed by atoms with Crippen LogP contribution in [-0.2, 0) is 4.74 Å². The Morgan fingerprint density at radius 2 is 2.24 bits per heavy atom. The van der Waals surface area contributed by atoms with Crippen LogP contribution in [0.15, 0.2) is 4.52 Å². The number of aryl methyl sites for hydroxylation is 2. The number of aliphatic hydroxyl groups is 1. The average molecular weight is 290 g/mol. The first-order valence-corrected chi connectivity index (χ1v) is 7.17. The molecule has 0 saturated carbocycles. The first-order valence-electron chi connectivity index (χ1n) is 7.17. The normalized spacial score (nSPS) is 28.5. The van der Waals surface area contributed by atoms with Crippen molar-refractivity contribution < 1.29 is 14.4 Å². The summed E-state index contributed by atoms with van der Waals surface area (Å²) in [5.74, 6) is 1.87. The van der Waals surface area contributed by atoms with Gasteiger partial charge in [0.15, 0.2) is 0 Å². The lowest BCUT2D eigenvalue weighted by Crippen LogP contribution is -2.34.